The summed E-state index contributed by atoms with van der Waals surface area (Å²) >= 11 is 0. The van der Waals surface area contributed by atoms with Crippen LogP contribution in [0.5, 0.6) is 0 Å². The average Bonchev–Trinajstić information content (AvgIpc) is 2.03. The van der Waals surface area contributed by atoms with Gasteiger partial charge in [-0.3, -0.25) is 7.05 Å². The van der Waals surface area contributed by atoms with E-state index >= 15 is 0 Å². The van der Waals surface area contributed by atoms with E-state index in [-0.39, 0.29) is 0 Å². The summed E-state index contributed by atoms with van der Waals surface area (Å²) in [6.07, 6.45) is 5.35. The van der Waals surface area contributed by atoms with Crippen LogP contribution in [0, 0.1) is 7.05 Å². The van der Waals surface area contributed by atoms with Gasteiger partial charge in [-0.05, 0) is 52.5 Å². The fourth-order valence-electron chi connectivity index (χ4n) is 1.79. The summed E-state index contributed by atoms with van der Waals surface area (Å²) in [6, 6.07) is 0.737. The molecule has 0 aliphatic carbocycles. The van der Waals surface area contributed by atoms with Crippen molar-refractivity contribution in [1.29, 1.82) is 0 Å². The predicted octanol–water partition coefficient (Wildman–Crippen LogP) is 1.58. The highest BCUT2D eigenvalue weighted by Crippen LogP contribution is 2.18. The van der Waals surface area contributed by atoms with Gasteiger partial charge in [0, 0.05) is 0 Å². The lowest BCUT2D eigenvalue weighted by atomic mass is 10.0. The zero-order valence-electron chi connectivity index (χ0n) is 8.42. The van der Waals surface area contributed by atoms with Crippen LogP contribution >= 0.6 is 0 Å². The molecule has 0 N–H and O–H groups in total. The molecule has 1 atom stereocenters. The van der Waals surface area contributed by atoms with Gasteiger partial charge in [0.1, 0.15) is 0 Å². The number of hydrogen-bond acceptors (Lipinski definition) is 2. The van der Waals surface area contributed by atoms with Gasteiger partial charge in [-0.25, -0.2) is 0 Å². The second-order valence-corrected chi connectivity index (χ2v) is 4.05. The molecule has 2 nitrogen and oxygen atoms in total. The fourth-order valence-corrected chi connectivity index (χ4v) is 1.79. The van der Waals surface area contributed by atoms with Gasteiger partial charge in [-0.1, -0.05) is 6.42 Å². The molecule has 12 heavy (non-hydrogen) atoms. The molecule has 0 aromatic rings. The monoisotopic (exact) mass is 169 g/mol. The number of likely N-dealkylation sites (tertiary alicyclic amines) is 1. The van der Waals surface area contributed by atoms with E-state index < -0.39 is 0 Å². The minimum atomic E-state index is 0.737. The number of hydrogen-bond donors (Lipinski definition) is 0. The predicted molar refractivity (Wildman–Crippen MR) is 52.9 cm³/mol. The highest BCUT2D eigenvalue weighted by Gasteiger charge is 2.13. The maximum atomic E-state index is 4.07. The highest BCUT2D eigenvalue weighted by atomic mass is 15.1. The lowest BCUT2D eigenvalue weighted by Gasteiger charge is -2.39. The van der Waals surface area contributed by atoms with Gasteiger partial charge in [0.2, 0.25) is 0 Å². The van der Waals surface area contributed by atoms with Gasteiger partial charge in [-0.2, -0.15) is 0 Å². The molecule has 0 aromatic carbocycles. The van der Waals surface area contributed by atoms with E-state index in [1.165, 1.54) is 38.8 Å². The standard InChI is InChI=1S/C10H21N2/c1-11(2)9-7-10-6-4-5-8-12(10)3/h10H,3-9H2,1-2H3/q-1. The highest BCUT2D eigenvalue weighted by molar-refractivity contribution is 4.76. The third-order valence-electron chi connectivity index (χ3n) is 2.66. The topological polar surface area (TPSA) is 6.48 Å². The van der Waals surface area contributed by atoms with Crippen molar-refractivity contribution in [3.05, 3.63) is 7.05 Å². The van der Waals surface area contributed by atoms with E-state index in [4.69, 9.17) is 0 Å². The molecule has 0 bridgehead atoms. The molecule has 1 aliphatic rings. The van der Waals surface area contributed by atoms with Gasteiger partial charge < -0.3 is 9.80 Å². The van der Waals surface area contributed by atoms with E-state index in [9.17, 15) is 0 Å². The van der Waals surface area contributed by atoms with Crippen LogP contribution in [0.2, 0.25) is 0 Å². The van der Waals surface area contributed by atoms with Crippen molar-refractivity contribution in [3.8, 4) is 0 Å². The lowest BCUT2D eigenvalue weighted by Crippen LogP contribution is -2.36. The summed E-state index contributed by atoms with van der Waals surface area (Å²) in [7, 11) is 8.34. The maximum Gasteiger partial charge on any atom is -0.00108 e. The van der Waals surface area contributed by atoms with Gasteiger partial charge in [0.15, 0.2) is 0 Å². The Morgan fingerprint density at radius 1 is 1.42 bits per heavy atom. The zero-order valence-corrected chi connectivity index (χ0v) is 8.42. The lowest BCUT2D eigenvalue weighted by molar-refractivity contribution is 0.185. The van der Waals surface area contributed by atoms with Crippen molar-refractivity contribution < 1.29 is 0 Å². The van der Waals surface area contributed by atoms with Crippen molar-refractivity contribution in [2.75, 3.05) is 27.2 Å². The largest absolute Gasteiger partial charge is 0.457 e. The molecular weight excluding hydrogens is 148 g/mol. The molecule has 0 amide bonds. The molecule has 0 radical (unpaired) electrons. The first-order valence-corrected chi connectivity index (χ1v) is 4.92. The average molecular weight is 169 g/mol. The zero-order chi connectivity index (χ0) is 8.97. The van der Waals surface area contributed by atoms with E-state index in [1.807, 2.05) is 0 Å². The molecule has 0 spiro atoms. The molecule has 1 heterocycles. The fraction of sp³-hybridized carbons (Fsp3) is 0.900. The van der Waals surface area contributed by atoms with Crippen LogP contribution < -0.4 is 0 Å². The third kappa shape index (κ3) is 3.11. The van der Waals surface area contributed by atoms with Crippen LogP contribution in [0.4, 0.5) is 0 Å². The summed E-state index contributed by atoms with van der Waals surface area (Å²) in [5, 5.41) is 0. The second-order valence-electron chi connectivity index (χ2n) is 4.05. The van der Waals surface area contributed by atoms with Crippen molar-refractivity contribution in [2.24, 2.45) is 0 Å². The quantitative estimate of drug-likeness (QED) is 0.592. The van der Waals surface area contributed by atoms with Crippen LogP contribution in [0.25, 0.3) is 0 Å². The minimum absolute atomic E-state index is 0.737. The van der Waals surface area contributed by atoms with Crippen molar-refractivity contribution >= 4 is 0 Å². The number of rotatable bonds is 3. The third-order valence-corrected chi connectivity index (χ3v) is 2.66. The molecule has 1 fully saturated rings. The second kappa shape index (κ2) is 4.83. The molecule has 0 saturated carbocycles. The van der Waals surface area contributed by atoms with E-state index in [0.29, 0.717) is 0 Å². The Morgan fingerprint density at radius 3 is 2.75 bits per heavy atom. The summed E-state index contributed by atoms with van der Waals surface area (Å²) < 4.78 is 0. The normalized spacial score (nSPS) is 26.5. The summed E-state index contributed by atoms with van der Waals surface area (Å²) in [4.78, 5) is 4.52. The number of piperidine rings is 1. The first kappa shape index (κ1) is 10.0. The molecule has 0 aromatic heterocycles. The van der Waals surface area contributed by atoms with Crippen LogP contribution in [-0.2, 0) is 0 Å². The summed E-state index contributed by atoms with van der Waals surface area (Å²) in [5.74, 6) is 0. The van der Waals surface area contributed by atoms with Crippen molar-refractivity contribution in [1.82, 2.24) is 9.80 Å². The van der Waals surface area contributed by atoms with Crippen LogP contribution in [0.1, 0.15) is 25.7 Å². The Morgan fingerprint density at radius 2 is 2.17 bits per heavy atom. The Hall–Kier alpha value is -0.0800. The molecule has 72 valence electrons. The van der Waals surface area contributed by atoms with Crippen LogP contribution in [0.3, 0.4) is 0 Å². The SMILES string of the molecule is [CH2-]N1CCCCC1CCN(C)C. The molecule has 1 unspecified atom stereocenters. The van der Waals surface area contributed by atoms with Gasteiger partial charge in [0.05, 0.1) is 0 Å². The number of nitrogens with zero attached hydrogens (tertiary/aromatic N) is 2. The molecule has 1 saturated heterocycles. The van der Waals surface area contributed by atoms with Gasteiger partial charge in [-0.15, -0.1) is 0 Å². The van der Waals surface area contributed by atoms with Gasteiger partial charge >= 0.3 is 0 Å². The van der Waals surface area contributed by atoms with E-state index in [1.54, 1.807) is 0 Å². The molecule has 1 aliphatic heterocycles. The summed E-state index contributed by atoms with van der Waals surface area (Å²) in [5.41, 5.74) is 0. The molecule has 2 heteroatoms. The Kier molecular flexibility index (Phi) is 4.02. The summed E-state index contributed by atoms with van der Waals surface area (Å²) in [6.45, 7) is 2.38. The molecular formula is C10H21N2-. The van der Waals surface area contributed by atoms with Crippen molar-refractivity contribution in [3.63, 3.8) is 0 Å². The smallest absolute Gasteiger partial charge is 0.00108 e. The van der Waals surface area contributed by atoms with Crippen molar-refractivity contribution in [2.45, 2.75) is 31.7 Å². The Bertz CT molecular complexity index is 123. The van der Waals surface area contributed by atoms with E-state index in [2.05, 4.69) is 30.9 Å². The van der Waals surface area contributed by atoms with E-state index in [0.717, 1.165) is 6.04 Å². The first-order chi connectivity index (χ1) is 5.70. The van der Waals surface area contributed by atoms with Gasteiger partial charge in [0.25, 0.3) is 0 Å². The Balaban J connectivity index is 2.20. The molecule has 1 rings (SSSR count). The van der Waals surface area contributed by atoms with Crippen LogP contribution in [-0.4, -0.2) is 43.0 Å². The maximum absolute atomic E-state index is 4.07. The Labute approximate surface area is 76.5 Å². The minimum Gasteiger partial charge on any atom is -0.457 e. The first-order valence-electron chi connectivity index (χ1n) is 4.92. The van der Waals surface area contributed by atoms with Crippen LogP contribution in [0.15, 0.2) is 0 Å².